The van der Waals surface area contributed by atoms with Gasteiger partial charge in [-0.05, 0) is 25.3 Å². The zero-order chi connectivity index (χ0) is 9.26. The third kappa shape index (κ3) is 2.02. The topological polar surface area (TPSA) is 41.1 Å². The number of hydrogen-bond acceptors (Lipinski definition) is 2. The van der Waals surface area contributed by atoms with Crippen LogP contribution in [0.25, 0.3) is 0 Å². The van der Waals surface area contributed by atoms with Gasteiger partial charge < -0.3 is 10.6 Å². The van der Waals surface area contributed by atoms with Crippen molar-refractivity contribution in [2.75, 3.05) is 13.1 Å². The summed E-state index contributed by atoms with van der Waals surface area (Å²) in [6.07, 6.45) is 3.36. The summed E-state index contributed by atoms with van der Waals surface area (Å²) in [4.78, 5) is 11.6. The van der Waals surface area contributed by atoms with Crippen molar-refractivity contribution in [3.63, 3.8) is 0 Å². The summed E-state index contributed by atoms with van der Waals surface area (Å²) in [5.41, 5.74) is 0. The lowest BCUT2D eigenvalue weighted by molar-refractivity contribution is -0.123. The first kappa shape index (κ1) is 9.00. The largest absolute Gasteiger partial charge is 0.352 e. The summed E-state index contributed by atoms with van der Waals surface area (Å²) in [6, 6.07) is 0.394. The Balaban J connectivity index is 1.72. The van der Waals surface area contributed by atoms with Gasteiger partial charge in [-0.15, -0.1) is 0 Å². The second-order valence-corrected chi connectivity index (χ2v) is 4.21. The fourth-order valence-electron chi connectivity index (χ4n) is 2.11. The molecule has 0 bridgehead atoms. The molecule has 2 rings (SSSR count). The smallest absolute Gasteiger partial charge is 0.223 e. The van der Waals surface area contributed by atoms with Crippen molar-refractivity contribution in [3.8, 4) is 0 Å². The van der Waals surface area contributed by atoms with Gasteiger partial charge in [-0.1, -0.05) is 13.3 Å². The van der Waals surface area contributed by atoms with Crippen molar-refractivity contribution in [3.05, 3.63) is 0 Å². The Kier molecular flexibility index (Phi) is 2.54. The molecule has 0 aromatic carbocycles. The molecule has 2 unspecified atom stereocenters. The van der Waals surface area contributed by atoms with Crippen molar-refractivity contribution >= 4 is 5.91 Å². The highest BCUT2D eigenvalue weighted by Gasteiger charge is 2.41. The Labute approximate surface area is 79.3 Å². The number of nitrogens with one attached hydrogen (secondary N) is 2. The molecule has 3 atom stereocenters. The Hall–Kier alpha value is -0.570. The molecule has 2 fully saturated rings. The molecule has 0 radical (unpaired) electrons. The van der Waals surface area contributed by atoms with Crippen LogP contribution in [0.1, 0.15) is 26.2 Å². The number of rotatable bonds is 3. The lowest BCUT2D eigenvalue weighted by atomic mass is 10.2. The van der Waals surface area contributed by atoms with E-state index in [2.05, 4.69) is 17.6 Å². The lowest BCUT2D eigenvalue weighted by Crippen LogP contribution is -2.37. The number of hydrogen-bond donors (Lipinski definition) is 2. The van der Waals surface area contributed by atoms with E-state index in [1.807, 2.05) is 0 Å². The fourth-order valence-corrected chi connectivity index (χ4v) is 2.11. The average Bonchev–Trinajstić information content (AvgIpc) is 2.77. The molecular formula is C10H18N2O. The quantitative estimate of drug-likeness (QED) is 0.667. The minimum Gasteiger partial charge on any atom is -0.352 e. The average molecular weight is 182 g/mol. The first-order valence-corrected chi connectivity index (χ1v) is 5.32. The van der Waals surface area contributed by atoms with E-state index in [1.165, 1.54) is 0 Å². The molecule has 1 saturated heterocycles. The Morgan fingerprint density at radius 3 is 3.00 bits per heavy atom. The highest BCUT2D eigenvalue weighted by atomic mass is 16.2. The maximum Gasteiger partial charge on any atom is 0.223 e. The van der Waals surface area contributed by atoms with Crippen LogP contribution < -0.4 is 10.6 Å². The molecule has 0 aromatic heterocycles. The van der Waals surface area contributed by atoms with Crippen molar-refractivity contribution in [1.29, 1.82) is 0 Å². The summed E-state index contributed by atoms with van der Waals surface area (Å²) in [7, 11) is 0. The molecule has 0 spiro atoms. The van der Waals surface area contributed by atoms with Gasteiger partial charge in [-0.25, -0.2) is 0 Å². The highest BCUT2D eigenvalue weighted by molar-refractivity contribution is 5.81. The molecule has 1 aliphatic heterocycles. The summed E-state index contributed by atoms with van der Waals surface area (Å²) in [5.74, 6) is 1.31. The fraction of sp³-hybridized carbons (Fsp3) is 0.900. The van der Waals surface area contributed by atoms with E-state index >= 15 is 0 Å². The molecule has 0 aromatic rings. The molecule has 1 amide bonds. The molecule has 2 N–H and O–H groups in total. The summed E-state index contributed by atoms with van der Waals surface area (Å²) >= 11 is 0. The zero-order valence-corrected chi connectivity index (χ0v) is 8.18. The van der Waals surface area contributed by atoms with Crippen LogP contribution in [0.4, 0.5) is 0 Å². The van der Waals surface area contributed by atoms with E-state index in [-0.39, 0.29) is 0 Å². The molecular weight excluding hydrogens is 164 g/mol. The molecule has 1 aliphatic carbocycles. The van der Waals surface area contributed by atoms with Crippen molar-refractivity contribution in [2.24, 2.45) is 11.8 Å². The normalized spacial score (nSPS) is 37.5. The molecule has 74 valence electrons. The third-order valence-corrected chi connectivity index (χ3v) is 3.19. The molecule has 1 saturated carbocycles. The number of carbonyl (C=O) groups excluding carboxylic acids is 1. The van der Waals surface area contributed by atoms with Crippen LogP contribution in [0.2, 0.25) is 0 Å². The van der Waals surface area contributed by atoms with Crippen LogP contribution in [0.3, 0.4) is 0 Å². The SMILES string of the molecule is CCC1CC1C(=O)N[C@@H]1CCNC1. The molecule has 1 heterocycles. The van der Waals surface area contributed by atoms with Crippen molar-refractivity contribution < 1.29 is 4.79 Å². The van der Waals surface area contributed by atoms with E-state index in [0.717, 1.165) is 32.4 Å². The predicted octanol–water partition coefficient (Wildman–Crippen LogP) is 0.511. The number of carbonyl (C=O) groups is 1. The highest BCUT2D eigenvalue weighted by Crippen LogP contribution is 2.41. The van der Waals surface area contributed by atoms with Crippen LogP contribution in [-0.4, -0.2) is 25.0 Å². The Bertz CT molecular complexity index is 199. The van der Waals surface area contributed by atoms with Gasteiger partial charge in [0.15, 0.2) is 0 Å². The minimum atomic E-state index is 0.292. The first-order valence-electron chi connectivity index (χ1n) is 5.32. The molecule has 3 heteroatoms. The molecule has 3 nitrogen and oxygen atoms in total. The Morgan fingerprint density at radius 2 is 2.46 bits per heavy atom. The van der Waals surface area contributed by atoms with Gasteiger partial charge in [0.2, 0.25) is 5.91 Å². The van der Waals surface area contributed by atoms with Gasteiger partial charge in [0.1, 0.15) is 0 Å². The van der Waals surface area contributed by atoms with Crippen molar-refractivity contribution in [1.82, 2.24) is 10.6 Å². The minimum absolute atomic E-state index is 0.292. The van der Waals surface area contributed by atoms with Gasteiger partial charge in [0.25, 0.3) is 0 Å². The van der Waals surface area contributed by atoms with Gasteiger partial charge in [0.05, 0.1) is 0 Å². The van der Waals surface area contributed by atoms with Crippen LogP contribution in [0, 0.1) is 11.8 Å². The van der Waals surface area contributed by atoms with Gasteiger partial charge in [0, 0.05) is 18.5 Å². The summed E-state index contributed by atoms with van der Waals surface area (Å²) in [6.45, 7) is 4.16. The van der Waals surface area contributed by atoms with Gasteiger partial charge in [-0.2, -0.15) is 0 Å². The predicted molar refractivity (Wildman–Crippen MR) is 51.3 cm³/mol. The first-order chi connectivity index (χ1) is 6.31. The van der Waals surface area contributed by atoms with Crippen LogP contribution in [0.5, 0.6) is 0 Å². The van der Waals surface area contributed by atoms with Gasteiger partial charge in [-0.3, -0.25) is 4.79 Å². The van der Waals surface area contributed by atoms with E-state index in [0.29, 0.717) is 23.8 Å². The molecule has 2 aliphatic rings. The summed E-state index contributed by atoms with van der Waals surface area (Å²) in [5, 5.41) is 6.35. The monoisotopic (exact) mass is 182 g/mol. The third-order valence-electron chi connectivity index (χ3n) is 3.19. The van der Waals surface area contributed by atoms with E-state index in [4.69, 9.17) is 0 Å². The van der Waals surface area contributed by atoms with Gasteiger partial charge >= 0.3 is 0 Å². The van der Waals surface area contributed by atoms with Crippen LogP contribution in [0.15, 0.2) is 0 Å². The van der Waals surface area contributed by atoms with E-state index in [1.54, 1.807) is 0 Å². The van der Waals surface area contributed by atoms with Crippen molar-refractivity contribution in [2.45, 2.75) is 32.2 Å². The molecule has 13 heavy (non-hydrogen) atoms. The lowest BCUT2D eigenvalue weighted by Gasteiger charge is -2.10. The maximum atomic E-state index is 11.6. The second-order valence-electron chi connectivity index (χ2n) is 4.21. The van der Waals surface area contributed by atoms with Crippen LogP contribution in [-0.2, 0) is 4.79 Å². The second kappa shape index (κ2) is 3.66. The van der Waals surface area contributed by atoms with E-state index < -0.39 is 0 Å². The van der Waals surface area contributed by atoms with E-state index in [9.17, 15) is 4.79 Å². The number of amides is 1. The maximum absolute atomic E-state index is 11.6. The summed E-state index contributed by atoms with van der Waals surface area (Å²) < 4.78 is 0. The standard InChI is InChI=1S/C10H18N2O/c1-2-7-5-9(7)10(13)12-8-3-4-11-6-8/h7-9,11H,2-6H2,1H3,(H,12,13)/t7?,8-,9?/m1/s1. The zero-order valence-electron chi connectivity index (χ0n) is 8.18. The Morgan fingerprint density at radius 1 is 1.62 bits per heavy atom. The van der Waals surface area contributed by atoms with Crippen LogP contribution >= 0.6 is 0 Å².